The number of aryl methyl sites for hydroxylation is 2. The predicted octanol–water partition coefficient (Wildman–Crippen LogP) is 3.74. The summed E-state index contributed by atoms with van der Waals surface area (Å²) >= 11 is 0. The maximum atomic E-state index is 5.59. The molecule has 0 spiro atoms. The largest absolute Gasteiger partial charge is 0.495 e. The van der Waals surface area contributed by atoms with Crippen molar-refractivity contribution in [3.63, 3.8) is 0 Å². The number of para-hydroxylation sites is 2. The van der Waals surface area contributed by atoms with Gasteiger partial charge in [0, 0.05) is 18.8 Å². The maximum Gasteiger partial charge on any atom is 0.226 e. The van der Waals surface area contributed by atoms with Crippen molar-refractivity contribution in [2.45, 2.75) is 6.92 Å². The van der Waals surface area contributed by atoms with Crippen molar-refractivity contribution in [3.05, 3.63) is 60.7 Å². The van der Waals surface area contributed by atoms with Crippen LogP contribution in [0, 0.1) is 6.92 Å². The highest BCUT2D eigenvalue weighted by molar-refractivity contribution is 5.66. The topological polar surface area (TPSA) is 79.0 Å². The first-order chi connectivity index (χ1) is 14.1. The number of imidazole rings is 1. The summed E-state index contributed by atoms with van der Waals surface area (Å²) in [6.45, 7) is 1.95. The van der Waals surface area contributed by atoms with Gasteiger partial charge in [-0.05, 0) is 37.3 Å². The summed E-state index contributed by atoms with van der Waals surface area (Å²) < 4.78 is 14.6. The molecule has 4 rings (SSSR count). The smallest absolute Gasteiger partial charge is 0.226 e. The molecule has 2 aromatic heterocycles. The SMILES string of the molecule is COc1ccccc1Nc1nc(-c2ccc(-n3cnc(C)c3)c(OC)c2)nn1C. The third-order valence-electron chi connectivity index (χ3n) is 4.54. The summed E-state index contributed by atoms with van der Waals surface area (Å²) in [4.78, 5) is 8.92. The van der Waals surface area contributed by atoms with E-state index in [-0.39, 0.29) is 0 Å². The Bertz CT molecular complexity index is 1150. The molecule has 0 atom stereocenters. The van der Waals surface area contributed by atoms with Crippen LogP contribution in [0.4, 0.5) is 11.6 Å². The third kappa shape index (κ3) is 3.64. The molecule has 2 heterocycles. The van der Waals surface area contributed by atoms with Crippen molar-refractivity contribution in [3.8, 4) is 28.6 Å². The second kappa shape index (κ2) is 7.67. The third-order valence-corrected chi connectivity index (χ3v) is 4.54. The van der Waals surface area contributed by atoms with Gasteiger partial charge in [0.05, 0.1) is 37.6 Å². The minimum atomic E-state index is 0.594. The highest BCUT2D eigenvalue weighted by Gasteiger charge is 2.14. The van der Waals surface area contributed by atoms with Crippen molar-refractivity contribution in [2.24, 2.45) is 7.05 Å². The van der Waals surface area contributed by atoms with Crippen molar-refractivity contribution in [2.75, 3.05) is 19.5 Å². The number of benzene rings is 2. The molecule has 0 aliphatic carbocycles. The first-order valence-corrected chi connectivity index (χ1v) is 9.09. The van der Waals surface area contributed by atoms with Crippen LogP contribution in [-0.2, 0) is 7.05 Å². The summed E-state index contributed by atoms with van der Waals surface area (Å²) in [6, 6.07) is 13.5. The quantitative estimate of drug-likeness (QED) is 0.540. The normalized spacial score (nSPS) is 10.8. The molecule has 0 amide bonds. The molecule has 8 heteroatoms. The fourth-order valence-corrected chi connectivity index (χ4v) is 3.07. The molecule has 1 N–H and O–H groups in total. The van der Waals surface area contributed by atoms with Gasteiger partial charge in [-0.3, -0.25) is 0 Å². The van der Waals surface area contributed by atoms with Crippen LogP contribution in [0.2, 0.25) is 0 Å². The fourth-order valence-electron chi connectivity index (χ4n) is 3.07. The van der Waals surface area contributed by atoms with Gasteiger partial charge in [-0.1, -0.05) is 12.1 Å². The predicted molar refractivity (Wildman–Crippen MR) is 111 cm³/mol. The van der Waals surface area contributed by atoms with Gasteiger partial charge < -0.3 is 19.4 Å². The summed E-state index contributed by atoms with van der Waals surface area (Å²) in [6.07, 6.45) is 3.72. The van der Waals surface area contributed by atoms with Gasteiger partial charge in [-0.2, -0.15) is 4.98 Å². The standard InChI is InChI=1S/C21H22N6O2/c1-14-12-27(13-22-14)17-10-9-15(11-19(17)29-4)20-24-21(26(2)25-20)23-16-7-5-6-8-18(16)28-3/h5-13H,1-4H3,(H,23,24,25). The maximum absolute atomic E-state index is 5.59. The monoisotopic (exact) mass is 390 g/mol. The molecule has 0 radical (unpaired) electrons. The number of hydrogen-bond acceptors (Lipinski definition) is 6. The Hall–Kier alpha value is -3.81. The molecule has 0 bridgehead atoms. The van der Waals surface area contributed by atoms with Crippen LogP contribution in [0.15, 0.2) is 55.0 Å². The van der Waals surface area contributed by atoms with E-state index in [2.05, 4.69) is 20.4 Å². The number of nitrogens with one attached hydrogen (secondary N) is 1. The van der Waals surface area contributed by atoms with E-state index in [1.807, 2.05) is 67.2 Å². The second-order valence-electron chi connectivity index (χ2n) is 6.52. The number of ether oxygens (including phenoxy) is 2. The Balaban J connectivity index is 1.66. The Morgan fingerprint density at radius 3 is 2.52 bits per heavy atom. The van der Waals surface area contributed by atoms with Crippen LogP contribution in [0.3, 0.4) is 0 Å². The van der Waals surface area contributed by atoms with Gasteiger partial charge >= 0.3 is 0 Å². The molecular weight excluding hydrogens is 368 g/mol. The lowest BCUT2D eigenvalue weighted by Crippen LogP contribution is -2.01. The molecular formula is C21H22N6O2. The molecule has 0 aliphatic heterocycles. The molecule has 148 valence electrons. The number of aromatic nitrogens is 5. The summed E-state index contributed by atoms with van der Waals surface area (Å²) in [5.41, 5.74) is 3.52. The molecule has 8 nitrogen and oxygen atoms in total. The average Bonchev–Trinajstić information content (AvgIpc) is 3.33. The van der Waals surface area contributed by atoms with Gasteiger partial charge in [-0.15, -0.1) is 5.10 Å². The molecule has 0 fully saturated rings. The van der Waals surface area contributed by atoms with Gasteiger partial charge in [0.2, 0.25) is 5.95 Å². The molecule has 0 unspecified atom stereocenters. The Morgan fingerprint density at radius 2 is 1.79 bits per heavy atom. The summed E-state index contributed by atoms with van der Waals surface area (Å²) in [5, 5.41) is 7.81. The molecule has 2 aromatic carbocycles. The van der Waals surface area contributed by atoms with Gasteiger partial charge in [0.25, 0.3) is 0 Å². The number of nitrogens with zero attached hydrogens (tertiary/aromatic N) is 5. The second-order valence-corrected chi connectivity index (χ2v) is 6.52. The van der Waals surface area contributed by atoms with E-state index in [9.17, 15) is 0 Å². The van der Waals surface area contributed by atoms with E-state index in [0.29, 0.717) is 17.5 Å². The van der Waals surface area contributed by atoms with Gasteiger partial charge in [-0.25, -0.2) is 9.67 Å². The molecule has 0 saturated carbocycles. The summed E-state index contributed by atoms with van der Waals surface area (Å²) in [5.74, 6) is 2.65. The van der Waals surface area contributed by atoms with E-state index < -0.39 is 0 Å². The number of hydrogen-bond donors (Lipinski definition) is 1. The zero-order chi connectivity index (χ0) is 20.4. The average molecular weight is 390 g/mol. The fraction of sp³-hybridized carbons (Fsp3) is 0.190. The van der Waals surface area contributed by atoms with E-state index in [1.165, 1.54) is 0 Å². The first kappa shape index (κ1) is 18.5. The van der Waals surface area contributed by atoms with Crippen molar-refractivity contribution < 1.29 is 9.47 Å². The van der Waals surface area contributed by atoms with E-state index in [1.54, 1.807) is 25.2 Å². The molecule has 0 saturated heterocycles. The number of methoxy groups -OCH3 is 2. The highest BCUT2D eigenvalue weighted by atomic mass is 16.5. The van der Waals surface area contributed by atoms with Gasteiger partial charge in [0.15, 0.2) is 5.82 Å². The van der Waals surface area contributed by atoms with E-state index in [0.717, 1.165) is 28.4 Å². The minimum Gasteiger partial charge on any atom is -0.495 e. The lowest BCUT2D eigenvalue weighted by atomic mass is 10.1. The Kier molecular flexibility index (Phi) is 4.90. The Labute approximate surface area is 168 Å². The first-order valence-electron chi connectivity index (χ1n) is 9.09. The van der Waals surface area contributed by atoms with Crippen LogP contribution >= 0.6 is 0 Å². The van der Waals surface area contributed by atoms with Crippen molar-refractivity contribution >= 4 is 11.6 Å². The summed E-state index contributed by atoms with van der Waals surface area (Å²) in [7, 11) is 5.12. The lowest BCUT2D eigenvalue weighted by molar-refractivity contribution is 0.413. The zero-order valence-corrected chi connectivity index (χ0v) is 16.7. The van der Waals surface area contributed by atoms with Crippen LogP contribution in [0.25, 0.3) is 17.1 Å². The molecule has 29 heavy (non-hydrogen) atoms. The van der Waals surface area contributed by atoms with Crippen molar-refractivity contribution in [1.29, 1.82) is 0 Å². The van der Waals surface area contributed by atoms with Crippen LogP contribution < -0.4 is 14.8 Å². The molecule has 0 aliphatic rings. The van der Waals surface area contributed by atoms with E-state index >= 15 is 0 Å². The lowest BCUT2D eigenvalue weighted by Gasteiger charge is -2.10. The number of rotatable bonds is 6. The van der Waals surface area contributed by atoms with Crippen molar-refractivity contribution in [1.82, 2.24) is 24.3 Å². The Morgan fingerprint density at radius 1 is 1.00 bits per heavy atom. The highest BCUT2D eigenvalue weighted by Crippen LogP contribution is 2.30. The van der Waals surface area contributed by atoms with Gasteiger partial charge in [0.1, 0.15) is 11.5 Å². The molecule has 4 aromatic rings. The van der Waals surface area contributed by atoms with Crippen LogP contribution in [0.1, 0.15) is 5.69 Å². The van der Waals surface area contributed by atoms with Crippen LogP contribution in [-0.4, -0.2) is 38.5 Å². The van der Waals surface area contributed by atoms with Crippen LogP contribution in [0.5, 0.6) is 11.5 Å². The zero-order valence-electron chi connectivity index (χ0n) is 16.7. The number of anilines is 2. The minimum absolute atomic E-state index is 0.594. The van der Waals surface area contributed by atoms with E-state index in [4.69, 9.17) is 9.47 Å².